The minimum Gasteiger partial charge on any atom is -0.326 e. The highest BCUT2D eigenvalue weighted by atomic mass is 35.5. The molecule has 2 N–H and O–H groups in total. The zero-order valence-electron chi connectivity index (χ0n) is 12.4. The van der Waals surface area contributed by atoms with Crippen LogP contribution in [0.2, 0.25) is 0 Å². The van der Waals surface area contributed by atoms with Gasteiger partial charge >= 0.3 is 0 Å². The minimum absolute atomic E-state index is 0. The van der Waals surface area contributed by atoms with Crippen LogP contribution < -0.4 is 5.73 Å². The van der Waals surface area contributed by atoms with Crippen LogP contribution in [0.5, 0.6) is 0 Å². The maximum atomic E-state index is 12.9. The largest absolute Gasteiger partial charge is 0.326 e. The number of hydrogen-bond donors (Lipinski definition) is 1. The quantitative estimate of drug-likeness (QED) is 0.848. The SMILES string of the molecule is CSc1ccccc1S(=O)(=O)N1CCCCC1C(C)N.Cl. The van der Waals surface area contributed by atoms with Crippen LogP contribution in [0.4, 0.5) is 0 Å². The Labute approximate surface area is 137 Å². The van der Waals surface area contributed by atoms with Crippen molar-refractivity contribution in [1.29, 1.82) is 0 Å². The van der Waals surface area contributed by atoms with Gasteiger partial charge in [0.1, 0.15) is 0 Å². The van der Waals surface area contributed by atoms with Crippen LogP contribution in [0, 0.1) is 0 Å². The number of rotatable bonds is 4. The summed E-state index contributed by atoms with van der Waals surface area (Å²) in [6.45, 7) is 2.45. The molecular weight excluding hydrogens is 328 g/mol. The van der Waals surface area contributed by atoms with Crippen molar-refractivity contribution >= 4 is 34.2 Å². The lowest BCUT2D eigenvalue weighted by atomic mass is 10.00. The zero-order valence-corrected chi connectivity index (χ0v) is 14.8. The lowest BCUT2D eigenvalue weighted by molar-refractivity contribution is 0.227. The number of nitrogens with zero attached hydrogens (tertiary/aromatic N) is 1. The Morgan fingerprint density at radius 3 is 2.62 bits per heavy atom. The highest BCUT2D eigenvalue weighted by Gasteiger charge is 2.36. The monoisotopic (exact) mass is 350 g/mol. The van der Waals surface area contributed by atoms with Crippen molar-refractivity contribution in [2.24, 2.45) is 5.73 Å². The minimum atomic E-state index is -3.47. The molecule has 0 aromatic heterocycles. The van der Waals surface area contributed by atoms with E-state index in [2.05, 4.69) is 0 Å². The summed E-state index contributed by atoms with van der Waals surface area (Å²) in [5, 5.41) is 0. The average molecular weight is 351 g/mol. The molecule has 4 nitrogen and oxygen atoms in total. The van der Waals surface area contributed by atoms with Crippen LogP contribution in [0.1, 0.15) is 26.2 Å². The summed E-state index contributed by atoms with van der Waals surface area (Å²) in [6, 6.07) is 6.94. The van der Waals surface area contributed by atoms with Gasteiger partial charge in [0.15, 0.2) is 0 Å². The molecule has 21 heavy (non-hydrogen) atoms. The second-order valence-electron chi connectivity index (χ2n) is 5.19. The first-order valence-corrected chi connectivity index (χ1v) is 9.55. The third-order valence-corrected chi connectivity index (χ3v) is 6.67. The maximum Gasteiger partial charge on any atom is 0.244 e. The van der Waals surface area contributed by atoms with Crippen molar-refractivity contribution in [3.05, 3.63) is 24.3 Å². The Kier molecular flexibility index (Phi) is 7.00. The first-order valence-electron chi connectivity index (χ1n) is 6.89. The van der Waals surface area contributed by atoms with Gasteiger partial charge in [-0.15, -0.1) is 24.2 Å². The summed E-state index contributed by atoms with van der Waals surface area (Å²) in [5.41, 5.74) is 5.99. The van der Waals surface area contributed by atoms with Crippen molar-refractivity contribution < 1.29 is 8.42 Å². The van der Waals surface area contributed by atoms with Crippen molar-refractivity contribution in [3.8, 4) is 0 Å². The second kappa shape index (κ2) is 7.83. The number of sulfonamides is 1. The van der Waals surface area contributed by atoms with E-state index in [4.69, 9.17) is 5.73 Å². The zero-order chi connectivity index (χ0) is 14.8. The molecule has 2 unspecified atom stereocenters. The fraction of sp³-hybridized carbons (Fsp3) is 0.571. The van der Waals surface area contributed by atoms with Gasteiger partial charge in [-0.25, -0.2) is 8.42 Å². The molecule has 0 saturated carbocycles. The number of thioether (sulfide) groups is 1. The molecule has 1 aliphatic rings. The first kappa shape index (κ1) is 18.8. The molecular formula is C14H23ClN2O2S2. The van der Waals surface area contributed by atoms with E-state index in [-0.39, 0.29) is 24.5 Å². The van der Waals surface area contributed by atoms with Crippen LogP contribution in [-0.2, 0) is 10.0 Å². The summed E-state index contributed by atoms with van der Waals surface area (Å²) < 4.78 is 27.5. The standard InChI is InChI=1S/C14H22N2O2S2.ClH/c1-11(15)12-7-5-6-10-16(12)20(17,18)14-9-4-3-8-13(14)19-2;/h3-4,8-9,11-12H,5-7,10,15H2,1-2H3;1H. The van der Waals surface area contributed by atoms with E-state index >= 15 is 0 Å². The second-order valence-corrected chi connectivity index (χ2v) is 7.90. The number of nitrogens with two attached hydrogens (primary N) is 1. The average Bonchev–Trinajstić information content (AvgIpc) is 2.47. The van der Waals surface area contributed by atoms with Crippen molar-refractivity contribution in [1.82, 2.24) is 4.31 Å². The Balaban J connectivity index is 0.00000220. The molecule has 0 bridgehead atoms. The van der Waals surface area contributed by atoms with Gasteiger partial charge in [0.05, 0.1) is 4.90 Å². The molecule has 1 saturated heterocycles. The van der Waals surface area contributed by atoms with E-state index in [0.29, 0.717) is 11.4 Å². The number of hydrogen-bond acceptors (Lipinski definition) is 4. The van der Waals surface area contributed by atoms with E-state index in [1.165, 1.54) is 11.8 Å². The summed E-state index contributed by atoms with van der Waals surface area (Å²) in [6.07, 6.45) is 4.69. The molecule has 0 aliphatic carbocycles. The molecule has 2 rings (SSSR count). The first-order chi connectivity index (χ1) is 9.48. The van der Waals surface area contributed by atoms with Gasteiger partial charge in [-0.05, 0) is 38.2 Å². The molecule has 7 heteroatoms. The Bertz CT molecular complexity index is 564. The number of halogens is 1. The molecule has 1 aliphatic heterocycles. The van der Waals surface area contributed by atoms with Gasteiger partial charge in [-0.1, -0.05) is 18.6 Å². The smallest absolute Gasteiger partial charge is 0.244 e. The molecule has 0 spiro atoms. The third-order valence-electron chi connectivity index (χ3n) is 3.76. The van der Waals surface area contributed by atoms with E-state index < -0.39 is 10.0 Å². The molecule has 0 radical (unpaired) electrons. The van der Waals surface area contributed by atoms with Crippen LogP contribution in [0.3, 0.4) is 0 Å². The van der Waals surface area contributed by atoms with Crippen molar-refractivity contribution in [3.63, 3.8) is 0 Å². The summed E-state index contributed by atoms with van der Waals surface area (Å²) in [7, 11) is -3.47. The molecule has 120 valence electrons. The number of piperidine rings is 1. The summed E-state index contributed by atoms with van der Waals surface area (Å²) in [5.74, 6) is 0. The summed E-state index contributed by atoms with van der Waals surface area (Å²) >= 11 is 1.46. The molecule has 1 aromatic rings. The molecule has 0 amide bonds. The Morgan fingerprint density at radius 2 is 2.00 bits per heavy atom. The highest BCUT2D eigenvalue weighted by Crippen LogP contribution is 2.31. The van der Waals surface area contributed by atoms with Crippen LogP contribution in [0.25, 0.3) is 0 Å². The molecule has 1 aromatic carbocycles. The predicted molar refractivity (Wildman–Crippen MR) is 90.7 cm³/mol. The van der Waals surface area contributed by atoms with Crippen LogP contribution in [0.15, 0.2) is 34.1 Å². The van der Waals surface area contributed by atoms with E-state index in [1.807, 2.05) is 25.3 Å². The number of benzene rings is 1. The van der Waals surface area contributed by atoms with Crippen LogP contribution in [-0.4, -0.2) is 37.6 Å². The Morgan fingerprint density at radius 1 is 1.33 bits per heavy atom. The van der Waals surface area contributed by atoms with Crippen molar-refractivity contribution in [2.75, 3.05) is 12.8 Å². The van der Waals surface area contributed by atoms with Crippen LogP contribution >= 0.6 is 24.2 Å². The lowest BCUT2D eigenvalue weighted by Gasteiger charge is -2.37. The lowest BCUT2D eigenvalue weighted by Crippen LogP contribution is -2.51. The van der Waals surface area contributed by atoms with Gasteiger partial charge in [0, 0.05) is 23.5 Å². The van der Waals surface area contributed by atoms with Gasteiger partial charge in [-0.2, -0.15) is 4.31 Å². The Hall–Kier alpha value is -0.270. The van der Waals surface area contributed by atoms with Gasteiger partial charge < -0.3 is 5.73 Å². The fourth-order valence-corrected chi connectivity index (χ4v) is 5.61. The molecule has 2 atom stereocenters. The third kappa shape index (κ3) is 3.93. The van der Waals surface area contributed by atoms with E-state index in [1.54, 1.807) is 16.4 Å². The topological polar surface area (TPSA) is 63.4 Å². The molecule has 1 heterocycles. The van der Waals surface area contributed by atoms with Gasteiger partial charge in [0.2, 0.25) is 10.0 Å². The van der Waals surface area contributed by atoms with E-state index in [9.17, 15) is 8.42 Å². The maximum absolute atomic E-state index is 12.9. The molecule has 1 fully saturated rings. The fourth-order valence-electron chi connectivity index (χ4n) is 2.71. The predicted octanol–water partition coefficient (Wildman–Crippen LogP) is 2.72. The van der Waals surface area contributed by atoms with Gasteiger partial charge in [-0.3, -0.25) is 0 Å². The summed E-state index contributed by atoms with van der Waals surface area (Å²) in [4.78, 5) is 1.20. The normalized spacial score (nSPS) is 21.6. The van der Waals surface area contributed by atoms with E-state index in [0.717, 1.165) is 24.2 Å². The van der Waals surface area contributed by atoms with Crippen molar-refractivity contribution in [2.45, 2.75) is 48.1 Å². The van der Waals surface area contributed by atoms with Gasteiger partial charge in [0.25, 0.3) is 0 Å². The highest BCUT2D eigenvalue weighted by molar-refractivity contribution is 7.99.